The van der Waals surface area contributed by atoms with Crippen molar-refractivity contribution in [3.63, 3.8) is 0 Å². The van der Waals surface area contributed by atoms with Crippen LogP contribution in [0.25, 0.3) is 0 Å². The lowest BCUT2D eigenvalue weighted by Crippen LogP contribution is -2.15. The van der Waals surface area contributed by atoms with Gasteiger partial charge in [-0.15, -0.1) is 0 Å². The number of nitrogens with two attached hydrogens (primary N) is 1. The van der Waals surface area contributed by atoms with Gasteiger partial charge in [-0.25, -0.2) is 4.68 Å². The Morgan fingerprint density at radius 3 is 2.12 bits per heavy atom. The Morgan fingerprint density at radius 2 is 1.81 bits per heavy atom. The first-order valence-electron chi connectivity index (χ1n) is 5.86. The Bertz CT molecular complexity index is 359. The molecule has 2 N–H and O–H groups in total. The minimum Gasteiger partial charge on any atom is -0.383 e. The van der Waals surface area contributed by atoms with Crippen molar-refractivity contribution in [2.45, 2.75) is 58.9 Å². The first-order chi connectivity index (χ1) is 7.32. The van der Waals surface area contributed by atoms with E-state index in [1.165, 1.54) is 0 Å². The second-order valence-corrected chi connectivity index (χ2v) is 6.01. The lowest BCUT2D eigenvalue weighted by atomic mass is 9.92. The SMILES string of the molecule is CCC(CC)n1nc(C(C)(C)C)c(Br)c1N. The zero-order valence-corrected chi connectivity index (χ0v) is 12.4. The Kier molecular flexibility index (Phi) is 4.05. The van der Waals surface area contributed by atoms with Crippen LogP contribution in [0.4, 0.5) is 5.82 Å². The van der Waals surface area contributed by atoms with Gasteiger partial charge in [0.1, 0.15) is 5.82 Å². The van der Waals surface area contributed by atoms with Gasteiger partial charge in [-0.2, -0.15) is 5.10 Å². The third-order valence-corrected chi connectivity index (χ3v) is 3.67. The van der Waals surface area contributed by atoms with E-state index in [1.807, 2.05) is 4.68 Å². The summed E-state index contributed by atoms with van der Waals surface area (Å²) in [6.07, 6.45) is 2.11. The highest BCUT2D eigenvalue weighted by Crippen LogP contribution is 2.35. The summed E-state index contributed by atoms with van der Waals surface area (Å²) in [6.45, 7) is 10.8. The van der Waals surface area contributed by atoms with Gasteiger partial charge in [-0.05, 0) is 28.8 Å². The second-order valence-electron chi connectivity index (χ2n) is 5.21. The monoisotopic (exact) mass is 287 g/mol. The molecule has 16 heavy (non-hydrogen) atoms. The Morgan fingerprint density at radius 1 is 1.31 bits per heavy atom. The van der Waals surface area contributed by atoms with Gasteiger partial charge in [0.15, 0.2) is 0 Å². The summed E-state index contributed by atoms with van der Waals surface area (Å²) in [6, 6.07) is 0.396. The fraction of sp³-hybridized carbons (Fsp3) is 0.750. The van der Waals surface area contributed by atoms with E-state index in [1.54, 1.807) is 0 Å². The lowest BCUT2D eigenvalue weighted by molar-refractivity contribution is 0.421. The summed E-state index contributed by atoms with van der Waals surface area (Å²) < 4.78 is 2.91. The van der Waals surface area contributed by atoms with Crippen LogP contribution in [0.1, 0.15) is 59.2 Å². The standard InChI is InChI=1S/C12H22BrN3/c1-6-8(7-2)16-11(14)9(13)10(15-16)12(3,4)5/h8H,6-7,14H2,1-5H3. The quantitative estimate of drug-likeness (QED) is 0.917. The molecule has 0 aliphatic heterocycles. The Hall–Kier alpha value is -0.510. The maximum Gasteiger partial charge on any atom is 0.136 e. The van der Waals surface area contributed by atoms with Crippen LogP contribution < -0.4 is 5.73 Å². The molecule has 1 aromatic rings. The maximum absolute atomic E-state index is 6.11. The van der Waals surface area contributed by atoms with Crippen LogP contribution in [0.2, 0.25) is 0 Å². The number of halogens is 1. The van der Waals surface area contributed by atoms with Gasteiger partial charge in [0, 0.05) is 5.41 Å². The molecule has 3 nitrogen and oxygen atoms in total. The molecule has 0 radical (unpaired) electrons. The molecule has 0 aliphatic carbocycles. The molecule has 0 amide bonds. The lowest BCUT2D eigenvalue weighted by Gasteiger charge is -2.16. The average molecular weight is 288 g/mol. The van der Waals surface area contributed by atoms with E-state index in [-0.39, 0.29) is 5.41 Å². The van der Waals surface area contributed by atoms with Crippen LogP contribution in [0.5, 0.6) is 0 Å². The van der Waals surface area contributed by atoms with Crippen molar-refractivity contribution in [3.8, 4) is 0 Å². The molecule has 0 bridgehead atoms. The maximum atomic E-state index is 6.11. The smallest absolute Gasteiger partial charge is 0.136 e. The molecule has 0 saturated heterocycles. The summed E-state index contributed by atoms with van der Waals surface area (Å²) in [5.74, 6) is 0.749. The zero-order chi connectivity index (χ0) is 12.5. The summed E-state index contributed by atoms with van der Waals surface area (Å²) in [7, 11) is 0. The molecule has 4 heteroatoms. The minimum absolute atomic E-state index is 0.0181. The average Bonchev–Trinajstić information content (AvgIpc) is 2.47. The third-order valence-electron chi connectivity index (χ3n) is 2.89. The molecule has 92 valence electrons. The van der Waals surface area contributed by atoms with Gasteiger partial charge in [-0.1, -0.05) is 34.6 Å². The van der Waals surface area contributed by atoms with E-state index in [4.69, 9.17) is 5.73 Å². The van der Waals surface area contributed by atoms with Crippen LogP contribution in [0.15, 0.2) is 4.47 Å². The fourth-order valence-corrected chi connectivity index (χ4v) is 2.68. The fourth-order valence-electron chi connectivity index (χ4n) is 1.82. The van der Waals surface area contributed by atoms with Crippen LogP contribution in [0.3, 0.4) is 0 Å². The number of rotatable bonds is 3. The number of anilines is 1. The van der Waals surface area contributed by atoms with E-state index in [9.17, 15) is 0 Å². The van der Waals surface area contributed by atoms with E-state index in [0.717, 1.165) is 28.8 Å². The van der Waals surface area contributed by atoms with Crippen molar-refractivity contribution in [2.75, 3.05) is 5.73 Å². The highest BCUT2D eigenvalue weighted by atomic mass is 79.9. The molecule has 1 rings (SSSR count). The van der Waals surface area contributed by atoms with E-state index in [2.05, 4.69) is 55.6 Å². The van der Waals surface area contributed by atoms with Crippen molar-refractivity contribution in [3.05, 3.63) is 10.2 Å². The van der Waals surface area contributed by atoms with E-state index < -0.39 is 0 Å². The van der Waals surface area contributed by atoms with Crippen LogP contribution in [-0.4, -0.2) is 9.78 Å². The number of hydrogen-bond donors (Lipinski definition) is 1. The zero-order valence-electron chi connectivity index (χ0n) is 10.8. The first kappa shape index (κ1) is 13.6. The normalized spacial score (nSPS) is 12.4. The molecule has 0 aliphatic rings. The van der Waals surface area contributed by atoms with E-state index >= 15 is 0 Å². The van der Waals surface area contributed by atoms with Gasteiger partial charge >= 0.3 is 0 Å². The highest BCUT2D eigenvalue weighted by molar-refractivity contribution is 9.10. The molecule has 0 saturated carbocycles. The number of nitrogens with zero attached hydrogens (tertiary/aromatic N) is 2. The molecule has 0 atom stereocenters. The second kappa shape index (κ2) is 4.78. The summed E-state index contributed by atoms with van der Waals surface area (Å²) in [4.78, 5) is 0. The molecule has 1 aromatic heterocycles. The molecular formula is C12H22BrN3. The van der Waals surface area contributed by atoms with Crippen LogP contribution in [0, 0.1) is 0 Å². The number of aromatic nitrogens is 2. The molecule has 0 unspecified atom stereocenters. The molecule has 0 spiro atoms. The van der Waals surface area contributed by atoms with Crippen LogP contribution >= 0.6 is 15.9 Å². The number of hydrogen-bond acceptors (Lipinski definition) is 2. The Labute approximate surface area is 107 Å². The van der Waals surface area contributed by atoms with Crippen LogP contribution in [-0.2, 0) is 5.41 Å². The number of nitrogen functional groups attached to an aromatic ring is 1. The van der Waals surface area contributed by atoms with Gasteiger partial charge in [-0.3, -0.25) is 0 Å². The van der Waals surface area contributed by atoms with Crippen molar-refractivity contribution in [2.24, 2.45) is 0 Å². The van der Waals surface area contributed by atoms with Crippen molar-refractivity contribution >= 4 is 21.7 Å². The third kappa shape index (κ3) is 2.42. The van der Waals surface area contributed by atoms with Crippen molar-refractivity contribution in [1.82, 2.24) is 9.78 Å². The van der Waals surface area contributed by atoms with Crippen molar-refractivity contribution in [1.29, 1.82) is 0 Å². The van der Waals surface area contributed by atoms with E-state index in [0.29, 0.717) is 6.04 Å². The predicted octanol–water partition coefficient (Wildman–Crippen LogP) is 3.89. The van der Waals surface area contributed by atoms with Crippen molar-refractivity contribution < 1.29 is 0 Å². The van der Waals surface area contributed by atoms with Gasteiger partial charge in [0.05, 0.1) is 16.2 Å². The first-order valence-corrected chi connectivity index (χ1v) is 6.66. The largest absolute Gasteiger partial charge is 0.383 e. The van der Waals surface area contributed by atoms with Gasteiger partial charge in [0.2, 0.25) is 0 Å². The molecular weight excluding hydrogens is 266 g/mol. The summed E-state index contributed by atoms with van der Waals surface area (Å²) in [5.41, 5.74) is 7.16. The highest BCUT2D eigenvalue weighted by Gasteiger charge is 2.25. The Balaban J connectivity index is 3.24. The molecule has 1 heterocycles. The van der Waals surface area contributed by atoms with Gasteiger partial charge < -0.3 is 5.73 Å². The minimum atomic E-state index is 0.0181. The predicted molar refractivity (Wildman–Crippen MR) is 72.7 cm³/mol. The molecule has 0 aromatic carbocycles. The topological polar surface area (TPSA) is 43.8 Å². The molecule has 0 fully saturated rings. The summed E-state index contributed by atoms with van der Waals surface area (Å²) in [5, 5.41) is 4.67. The summed E-state index contributed by atoms with van der Waals surface area (Å²) >= 11 is 3.56. The van der Waals surface area contributed by atoms with Gasteiger partial charge in [0.25, 0.3) is 0 Å².